The van der Waals surface area contributed by atoms with Gasteiger partial charge in [-0.1, -0.05) is 36.7 Å². The first-order chi connectivity index (χ1) is 7.79. The first-order valence-electron chi connectivity index (χ1n) is 5.76. The third-order valence-corrected chi connectivity index (χ3v) is 3.30. The van der Waals surface area contributed by atoms with Crippen LogP contribution in [0.3, 0.4) is 0 Å². The Morgan fingerprint density at radius 3 is 2.94 bits per heavy atom. The van der Waals surface area contributed by atoms with Gasteiger partial charge in [-0.2, -0.15) is 0 Å². The van der Waals surface area contributed by atoms with Crippen LogP contribution in [0.5, 0.6) is 0 Å². The minimum atomic E-state index is 0.223. The van der Waals surface area contributed by atoms with Crippen LogP contribution in [-0.4, -0.2) is 18.8 Å². The van der Waals surface area contributed by atoms with E-state index in [0.29, 0.717) is 19.3 Å². The summed E-state index contributed by atoms with van der Waals surface area (Å²) in [6, 6.07) is 7.79. The van der Waals surface area contributed by atoms with Crippen LogP contribution in [0.4, 0.5) is 0 Å². The number of hydrogen-bond donors (Lipinski definition) is 0. The Bertz CT molecular complexity index is 340. The third-order valence-electron chi connectivity index (χ3n) is 2.93. The quantitative estimate of drug-likeness (QED) is 0.803. The fraction of sp³-hybridized carbons (Fsp3) is 0.538. The predicted molar refractivity (Wildman–Crippen MR) is 64.7 cm³/mol. The molecule has 1 heterocycles. The maximum atomic E-state index is 6.05. The Morgan fingerprint density at radius 2 is 2.25 bits per heavy atom. The lowest BCUT2D eigenvalue weighted by molar-refractivity contribution is 0.0274. The standard InChI is InChI=1S/C13H17ClO2/c1-2-11-7-12(9-16-11)15-8-10-5-3-4-6-13(10)14/h3-6,11-12H,2,7-9H2,1H3. The van der Waals surface area contributed by atoms with Gasteiger partial charge in [-0.05, 0) is 18.1 Å². The highest BCUT2D eigenvalue weighted by Gasteiger charge is 2.24. The van der Waals surface area contributed by atoms with Gasteiger partial charge in [0.05, 0.1) is 25.4 Å². The lowest BCUT2D eigenvalue weighted by Gasteiger charge is -2.11. The normalized spacial score (nSPS) is 24.9. The molecule has 0 N–H and O–H groups in total. The Kier molecular flexibility index (Phi) is 4.22. The molecule has 0 radical (unpaired) electrons. The number of hydrogen-bond acceptors (Lipinski definition) is 2. The lowest BCUT2D eigenvalue weighted by Crippen LogP contribution is -2.12. The zero-order chi connectivity index (χ0) is 11.4. The van der Waals surface area contributed by atoms with Gasteiger partial charge >= 0.3 is 0 Å². The Labute approximate surface area is 102 Å². The summed E-state index contributed by atoms with van der Waals surface area (Å²) in [4.78, 5) is 0. The first kappa shape index (κ1) is 11.9. The molecule has 0 saturated carbocycles. The SMILES string of the molecule is CCC1CC(OCc2ccccc2Cl)CO1. The van der Waals surface area contributed by atoms with Crippen molar-refractivity contribution >= 4 is 11.6 Å². The van der Waals surface area contributed by atoms with Crippen molar-refractivity contribution in [3.8, 4) is 0 Å². The molecule has 0 amide bonds. The van der Waals surface area contributed by atoms with E-state index in [1.807, 2.05) is 24.3 Å². The lowest BCUT2D eigenvalue weighted by atomic mass is 10.1. The molecule has 0 aromatic heterocycles. The summed E-state index contributed by atoms with van der Waals surface area (Å²) in [5.74, 6) is 0. The van der Waals surface area contributed by atoms with Crippen molar-refractivity contribution in [1.82, 2.24) is 0 Å². The molecule has 2 atom stereocenters. The molecule has 0 bridgehead atoms. The minimum Gasteiger partial charge on any atom is -0.375 e. The fourth-order valence-electron chi connectivity index (χ4n) is 1.90. The van der Waals surface area contributed by atoms with Crippen molar-refractivity contribution in [1.29, 1.82) is 0 Å². The number of ether oxygens (including phenoxy) is 2. The van der Waals surface area contributed by atoms with E-state index in [2.05, 4.69) is 6.92 Å². The molecule has 2 nitrogen and oxygen atoms in total. The number of halogens is 1. The second-order valence-corrected chi connectivity index (χ2v) is 4.53. The highest BCUT2D eigenvalue weighted by Crippen LogP contribution is 2.22. The summed E-state index contributed by atoms with van der Waals surface area (Å²) in [6.45, 7) is 3.42. The van der Waals surface area contributed by atoms with E-state index < -0.39 is 0 Å². The van der Waals surface area contributed by atoms with Gasteiger partial charge in [0.1, 0.15) is 0 Å². The highest BCUT2D eigenvalue weighted by atomic mass is 35.5. The summed E-state index contributed by atoms with van der Waals surface area (Å²) in [6.07, 6.45) is 2.66. The summed E-state index contributed by atoms with van der Waals surface area (Å²) in [5.41, 5.74) is 1.05. The van der Waals surface area contributed by atoms with Gasteiger partial charge in [-0.3, -0.25) is 0 Å². The summed E-state index contributed by atoms with van der Waals surface area (Å²) < 4.78 is 11.4. The van der Waals surface area contributed by atoms with Crippen molar-refractivity contribution in [2.24, 2.45) is 0 Å². The van der Waals surface area contributed by atoms with Crippen molar-refractivity contribution < 1.29 is 9.47 Å². The average molecular weight is 241 g/mol. The zero-order valence-corrected chi connectivity index (χ0v) is 10.2. The van der Waals surface area contributed by atoms with Crippen LogP contribution >= 0.6 is 11.6 Å². The van der Waals surface area contributed by atoms with Gasteiger partial charge in [0.2, 0.25) is 0 Å². The zero-order valence-electron chi connectivity index (χ0n) is 9.49. The Morgan fingerprint density at radius 1 is 1.44 bits per heavy atom. The van der Waals surface area contributed by atoms with E-state index in [1.54, 1.807) is 0 Å². The largest absolute Gasteiger partial charge is 0.375 e. The molecule has 16 heavy (non-hydrogen) atoms. The van der Waals surface area contributed by atoms with Gasteiger partial charge in [0.25, 0.3) is 0 Å². The first-order valence-corrected chi connectivity index (χ1v) is 6.14. The molecule has 1 fully saturated rings. The second kappa shape index (κ2) is 5.67. The molecular weight excluding hydrogens is 224 g/mol. The molecule has 2 rings (SSSR count). The number of benzene rings is 1. The molecule has 1 aliphatic rings. The molecule has 1 aliphatic heterocycles. The van der Waals surface area contributed by atoms with Crippen molar-refractivity contribution in [3.63, 3.8) is 0 Å². The highest BCUT2D eigenvalue weighted by molar-refractivity contribution is 6.31. The maximum absolute atomic E-state index is 6.05. The maximum Gasteiger partial charge on any atom is 0.0837 e. The van der Waals surface area contributed by atoms with Gasteiger partial charge in [-0.15, -0.1) is 0 Å². The number of rotatable bonds is 4. The van der Waals surface area contributed by atoms with Crippen LogP contribution in [0.2, 0.25) is 5.02 Å². The molecule has 1 saturated heterocycles. The van der Waals surface area contributed by atoms with Crippen LogP contribution < -0.4 is 0 Å². The Balaban J connectivity index is 1.82. The van der Waals surface area contributed by atoms with E-state index in [4.69, 9.17) is 21.1 Å². The topological polar surface area (TPSA) is 18.5 Å². The second-order valence-electron chi connectivity index (χ2n) is 4.12. The van der Waals surface area contributed by atoms with Crippen LogP contribution in [0, 0.1) is 0 Å². The molecule has 1 aromatic rings. The van der Waals surface area contributed by atoms with Gasteiger partial charge in [0.15, 0.2) is 0 Å². The molecule has 88 valence electrons. The van der Waals surface area contributed by atoms with Crippen LogP contribution in [0.15, 0.2) is 24.3 Å². The summed E-state index contributed by atoms with van der Waals surface area (Å²) >= 11 is 6.05. The predicted octanol–water partition coefficient (Wildman–Crippen LogP) is 3.42. The van der Waals surface area contributed by atoms with Crippen molar-refractivity contribution in [3.05, 3.63) is 34.9 Å². The molecule has 3 heteroatoms. The summed E-state index contributed by atoms with van der Waals surface area (Å²) in [7, 11) is 0. The van der Waals surface area contributed by atoms with Gasteiger partial charge in [-0.25, -0.2) is 0 Å². The van der Waals surface area contributed by atoms with Crippen molar-refractivity contribution in [2.45, 2.75) is 38.6 Å². The monoisotopic (exact) mass is 240 g/mol. The van der Waals surface area contributed by atoms with E-state index in [-0.39, 0.29) is 6.10 Å². The van der Waals surface area contributed by atoms with Crippen molar-refractivity contribution in [2.75, 3.05) is 6.61 Å². The summed E-state index contributed by atoms with van der Waals surface area (Å²) in [5, 5.41) is 0.772. The average Bonchev–Trinajstić information content (AvgIpc) is 2.76. The van der Waals surface area contributed by atoms with Crippen LogP contribution in [0.25, 0.3) is 0 Å². The molecular formula is C13H17ClO2. The van der Waals surface area contributed by atoms with E-state index in [1.165, 1.54) is 0 Å². The molecule has 1 aromatic carbocycles. The van der Waals surface area contributed by atoms with Gasteiger partial charge in [0, 0.05) is 11.4 Å². The van der Waals surface area contributed by atoms with E-state index >= 15 is 0 Å². The minimum absolute atomic E-state index is 0.223. The molecule has 2 unspecified atom stereocenters. The van der Waals surface area contributed by atoms with Crippen LogP contribution in [0.1, 0.15) is 25.3 Å². The Hall–Kier alpha value is -0.570. The van der Waals surface area contributed by atoms with E-state index in [0.717, 1.165) is 23.4 Å². The molecule has 0 aliphatic carbocycles. The third kappa shape index (κ3) is 2.97. The van der Waals surface area contributed by atoms with Crippen LogP contribution in [-0.2, 0) is 16.1 Å². The van der Waals surface area contributed by atoms with E-state index in [9.17, 15) is 0 Å². The smallest absolute Gasteiger partial charge is 0.0837 e. The fourth-order valence-corrected chi connectivity index (χ4v) is 2.09. The molecule has 0 spiro atoms. The van der Waals surface area contributed by atoms with Gasteiger partial charge < -0.3 is 9.47 Å².